The fourth-order valence-electron chi connectivity index (χ4n) is 1.82. The monoisotopic (exact) mass is 316 g/mol. The highest BCUT2D eigenvalue weighted by molar-refractivity contribution is 5.97. The number of hydrogen-bond donors (Lipinski definition) is 1. The predicted molar refractivity (Wildman–Crippen MR) is 77.4 cm³/mol. The summed E-state index contributed by atoms with van der Waals surface area (Å²) in [5.74, 6) is -0.814. The van der Waals surface area contributed by atoms with Crippen LogP contribution in [0.25, 0.3) is 0 Å². The minimum atomic E-state index is -4.44. The van der Waals surface area contributed by atoms with Crippen LogP contribution in [0.2, 0.25) is 0 Å². The van der Waals surface area contributed by atoms with Gasteiger partial charge < -0.3 is 10.2 Å². The Hall–Kier alpha value is -2.05. The molecule has 1 aromatic carbocycles. The van der Waals surface area contributed by atoms with Crippen molar-refractivity contribution >= 4 is 17.5 Å². The van der Waals surface area contributed by atoms with Gasteiger partial charge in [-0.3, -0.25) is 9.59 Å². The van der Waals surface area contributed by atoms with E-state index in [9.17, 15) is 22.8 Å². The van der Waals surface area contributed by atoms with Gasteiger partial charge in [-0.05, 0) is 45.0 Å². The molecule has 4 nitrogen and oxygen atoms in total. The highest BCUT2D eigenvalue weighted by Crippen LogP contribution is 2.30. The molecule has 0 atom stereocenters. The second-order valence-electron chi connectivity index (χ2n) is 5.95. The molecule has 1 N–H and O–H groups in total. The van der Waals surface area contributed by atoms with Gasteiger partial charge in [-0.2, -0.15) is 13.2 Å². The zero-order valence-corrected chi connectivity index (χ0v) is 12.9. The third-order valence-corrected chi connectivity index (χ3v) is 2.70. The maximum Gasteiger partial charge on any atom is 0.416 e. The molecule has 0 fully saturated rings. The average molecular weight is 316 g/mol. The molecule has 0 radical (unpaired) electrons. The lowest BCUT2D eigenvalue weighted by Gasteiger charge is -2.25. The Morgan fingerprint density at radius 1 is 1.09 bits per heavy atom. The number of rotatable bonds is 3. The Kier molecular flexibility index (Phi) is 5.22. The molecule has 0 bridgehead atoms. The highest BCUT2D eigenvalue weighted by atomic mass is 19.4. The van der Waals surface area contributed by atoms with Gasteiger partial charge in [0.1, 0.15) is 6.54 Å². The van der Waals surface area contributed by atoms with Crippen LogP contribution in [-0.4, -0.2) is 23.9 Å². The van der Waals surface area contributed by atoms with E-state index in [1.54, 1.807) is 20.8 Å². The minimum Gasteiger partial charge on any atom is -0.350 e. The van der Waals surface area contributed by atoms with Crippen LogP contribution in [0.4, 0.5) is 18.9 Å². The molecule has 7 heteroatoms. The summed E-state index contributed by atoms with van der Waals surface area (Å²) in [4.78, 5) is 24.7. The van der Waals surface area contributed by atoms with Gasteiger partial charge in [-0.1, -0.05) is 0 Å². The molecule has 0 aromatic heterocycles. The summed E-state index contributed by atoms with van der Waals surface area (Å²) < 4.78 is 37.6. The molecule has 0 spiro atoms. The van der Waals surface area contributed by atoms with Gasteiger partial charge in [0.15, 0.2) is 0 Å². The molecular formula is C15H19F3N2O2. The van der Waals surface area contributed by atoms with Crippen LogP contribution in [0, 0.1) is 0 Å². The molecule has 0 aliphatic carbocycles. The van der Waals surface area contributed by atoms with Crippen LogP contribution in [0.1, 0.15) is 33.3 Å². The van der Waals surface area contributed by atoms with Crippen molar-refractivity contribution in [3.8, 4) is 0 Å². The summed E-state index contributed by atoms with van der Waals surface area (Å²) in [5.41, 5.74) is -1.02. The van der Waals surface area contributed by atoms with Crippen LogP contribution in [0.5, 0.6) is 0 Å². The van der Waals surface area contributed by atoms with Crippen molar-refractivity contribution in [2.75, 3.05) is 11.4 Å². The quantitative estimate of drug-likeness (QED) is 0.932. The largest absolute Gasteiger partial charge is 0.416 e. The van der Waals surface area contributed by atoms with Gasteiger partial charge in [-0.25, -0.2) is 0 Å². The van der Waals surface area contributed by atoms with Crippen LogP contribution in [-0.2, 0) is 15.8 Å². The summed E-state index contributed by atoms with van der Waals surface area (Å²) in [6.07, 6.45) is -4.44. The minimum absolute atomic E-state index is 0.240. The van der Waals surface area contributed by atoms with Crippen molar-refractivity contribution in [1.29, 1.82) is 0 Å². The van der Waals surface area contributed by atoms with Gasteiger partial charge in [0.2, 0.25) is 11.8 Å². The van der Waals surface area contributed by atoms with Gasteiger partial charge in [0.05, 0.1) is 5.56 Å². The zero-order chi connectivity index (χ0) is 17.1. The molecule has 22 heavy (non-hydrogen) atoms. The Morgan fingerprint density at radius 2 is 1.59 bits per heavy atom. The van der Waals surface area contributed by atoms with E-state index >= 15 is 0 Å². The lowest BCUT2D eigenvalue weighted by atomic mass is 10.1. The van der Waals surface area contributed by atoms with Crippen molar-refractivity contribution in [1.82, 2.24) is 5.32 Å². The Balaban J connectivity index is 2.93. The molecular weight excluding hydrogens is 297 g/mol. The fraction of sp³-hybridized carbons (Fsp3) is 0.467. The molecule has 0 aliphatic heterocycles. The van der Waals surface area contributed by atoms with Crippen LogP contribution >= 0.6 is 0 Å². The van der Waals surface area contributed by atoms with Gasteiger partial charge >= 0.3 is 6.18 Å². The first-order valence-corrected chi connectivity index (χ1v) is 6.66. The van der Waals surface area contributed by atoms with Crippen LogP contribution in [0.15, 0.2) is 24.3 Å². The Labute approximate surface area is 127 Å². The third kappa shape index (κ3) is 5.38. The normalized spacial score (nSPS) is 12.0. The predicted octanol–water partition coefficient (Wildman–Crippen LogP) is 2.97. The Bertz CT molecular complexity index is 545. The van der Waals surface area contributed by atoms with E-state index in [1.165, 1.54) is 19.1 Å². The van der Waals surface area contributed by atoms with Gasteiger partial charge in [-0.15, -0.1) is 0 Å². The van der Waals surface area contributed by atoms with Crippen molar-refractivity contribution in [2.24, 2.45) is 0 Å². The van der Waals surface area contributed by atoms with Gasteiger partial charge in [0.25, 0.3) is 0 Å². The number of benzene rings is 1. The number of halogens is 3. The molecule has 1 rings (SSSR count). The van der Waals surface area contributed by atoms with Gasteiger partial charge in [0, 0.05) is 18.2 Å². The number of amides is 2. The lowest BCUT2D eigenvalue weighted by molar-refractivity contribution is -0.137. The fourth-order valence-corrected chi connectivity index (χ4v) is 1.82. The first-order valence-electron chi connectivity index (χ1n) is 6.66. The van der Waals surface area contributed by atoms with E-state index in [0.717, 1.165) is 17.0 Å². The van der Waals surface area contributed by atoms with Crippen molar-refractivity contribution < 1.29 is 22.8 Å². The summed E-state index contributed by atoms with van der Waals surface area (Å²) >= 11 is 0. The van der Waals surface area contributed by atoms with E-state index in [0.29, 0.717) is 0 Å². The highest BCUT2D eigenvalue weighted by Gasteiger charge is 2.30. The summed E-state index contributed by atoms with van der Waals surface area (Å²) in [7, 11) is 0. The number of carbonyl (C=O) groups excluding carboxylic acids is 2. The molecule has 0 unspecified atom stereocenters. The number of alkyl halides is 3. The molecule has 0 saturated carbocycles. The van der Waals surface area contributed by atoms with E-state index in [4.69, 9.17) is 0 Å². The van der Waals surface area contributed by atoms with E-state index in [1.807, 2.05) is 0 Å². The van der Waals surface area contributed by atoms with E-state index < -0.39 is 23.2 Å². The number of anilines is 1. The maximum absolute atomic E-state index is 12.5. The first-order chi connectivity index (χ1) is 9.90. The number of nitrogens with zero attached hydrogens (tertiary/aromatic N) is 1. The SMILES string of the molecule is CC(=O)N(CC(=O)NC(C)(C)C)c1ccc(C(F)(F)F)cc1. The number of nitrogens with one attached hydrogen (secondary N) is 1. The van der Waals surface area contributed by atoms with E-state index in [-0.39, 0.29) is 18.1 Å². The molecule has 122 valence electrons. The smallest absolute Gasteiger partial charge is 0.350 e. The molecule has 0 heterocycles. The molecule has 2 amide bonds. The second-order valence-corrected chi connectivity index (χ2v) is 5.95. The second kappa shape index (κ2) is 6.37. The third-order valence-electron chi connectivity index (χ3n) is 2.70. The summed E-state index contributed by atoms with van der Waals surface area (Å²) in [5, 5.41) is 2.70. The number of carbonyl (C=O) groups is 2. The van der Waals surface area contributed by atoms with Crippen molar-refractivity contribution in [3.63, 3.8) is 0 Å². The van der Waals surface area contributed by atoms with Crippen molar-refractivity contribution in [3.05, 3.63) is 29.8 Å². The van der Waals surface area contributed by atoms with Crippen molar-refractivity contribution in [2.45, 2.75) is 39.4 Å². The van der Waals surface area contributed by atoms with E-state index in [2.05, 4.69) is 5.32 Å². The average Bonchev–Trinajstić information content (AvgIpc) is 2.32. The summed E-state index contributed by atoms with van der Waals surface area (Å²) in [6, 6.07) is 4.11. The maximum atomic E-state index is 12.5. The first kappa shape index (κ1) is 18.0. The lowest BCUT2D eigenvalue weighted by Crippen LogP contribution is -2.47. The molecule has 0 saturated heterocycles. The molecule has 1 aromatic rings. The topological polar surface area (TPSA) is 49.4 Å². The Morgan fingerprint density at radius 3 is 1.95 bits per heavy atom. The summed E-state index contributed by atoms with van der Waals surface area (Å²) in [6.45, 7) is 6.38. The molecule has 0 aliphatic rings. The number of hydrogen-bond acceptors (Lipinski definition) is 2. The van der Waals surface area contributed by atoms with Crippen LogP contribution < -0.4 is 10.2 Å². The zero-order valence-electron chi connectivity index (χ0n) is 12.9. The van der Waals surface area contributed by atoms with Crippen LogP contribution in [0.3, 0.4) is 0 Å². The standard InChI is InChI=1S/C15H19F3N2O2/c1-10(21)20(9-13(22)19-14(2,3)4)12-7-5-11(6-8-12)15(16,17)18/h5-8H,9H2,1-4H3,(H,19,22).